The van der Waals surface area contributed by atoms with Crippen LogP contribution in [0.2, 0.25) is 0 Å². The molecule has 3 N–H and O–H groups in total. The summed E-state index contributed by atoms with van der Waals surface area (Å²) in [6.07, 6.45) is 91.1. The Labute approximate surface area is 513 Å². The molecule has 0 fully saturated rings. The van der Waals surface area contributed by atoms with Crippen LogP contribution in [0.5, 0.6) is 0 Å². The van der Waals surface area contributed by atoms with Crippen molar-refractivity contribution in [3.05, 3.63) is 24.3 Å². The molecule has 486 valence electrons. The van der Waals surface area contributed by atoms with Crippen molar-refractivity contribution in [2.24, 2.45) is 0 Å². The quantitative estimate of drug-likeness (QED) is 0.0320. The van der Waals surface area contributed by atoms with Crippen molar-refractivity contribution in [3.8, 4) is 0 Å². The highest BCUT2D eigenvalue weighted by atomic mass is 16.5. The van der Waals surface area contributed by atoms with Gasteiger partial charge in [0.2, 0.25) is 5.91 Å². The van der Waals surface area contributed by atoms with Gasteiger partial charge in [0.25, 0.3) is 0 Å². The van der Waals surface area contributed by atoms with E-state index in [4.69, 9.17) is 4.74 Å². The van der Waals surface area contributed by atoms with Crippen LogP contribution in [-0.2, 0) is 14.3 Å². The molecule has 0 rings (SSSR count). The Morgan fingerprint density at radius 3 is 0.866 bits per heavy atom. The van der Waals surface area contributed by atoms with Crippen molar-refractivity contribution in [2.75, 3.05) is 13.2 Å². The molecule has 0 aromatic heterocycles. The van der Waals surface area contributed by atoms with Crippen LogP contribution >= 0.6 is 0 Å². The van der Waals surface area contributed by atoms with Crippen LogP contribution in [0.15, 0.2) is 24.3 Å². The molecule has 82 heavy (non-hydrogen) atoms. The summed E-state index contributed by atoms with van der Waals surface area (Å²) in [4.78, 5) is 24.6. The van der Waals surface area contributed by atoms with Gasteiger partial charge in [0.05, 0.1) is 25.4 Å². The van der Waals surface area contributed by atoms with Gasteiger partial charge in [-0.15, -0.1) is 0 Å². The van der Waals surface area contributed by atoms with Gasteiger partial charge in [-0.25, -0.2) is 0 Å². The Morgan fingerprint density at radius 2 is 0.573 bits per heavy atom. The number of carbonyl (C=O) groups is 2. The van der Waals surface area contributed by atoms with Crippen molar-refractivity contribution in [1.29, 1.82) is 0 Å². The smallest absolute Gasteiger partial charge is 0.305 e. The molecular weight excluding hydrogens is 1010 g/mol. The van der Waals surface area contributed by atoms with E-state index in [-0.39, 0.29) is 18.5 Å². The molecule has 1 amide bonds. The summed E-state index contributed by atoms with van der Waals surface area (Å²) in [6, 6.07) is -0.539. The number of aliphatic hydroxyl groups excluding tert-OH is 2. The lowest BCUT2D eigenvalue weighted by atomic mass is 10.0. The van der Waals surface area contributed by atoms with Crippen molar-refractivity contribution in [2.45, 2.75) is 437 Å². The third-order valence-corrected chi connectivity index (χ3v) is 17.7. The summed E-state index contributed by atoms with van der Waals surface area (Å²) in [5.41, 5.74) is 0. The monoisotopic (exact) mass is 1150 g/mol. The number of nitrogens with one attached hydrogen (secondary N) is 1. The third kappa shape index (κ3) is 67.5. The highest BCUT2D eigenvalue weighted by molar-refractivity contribution is 5.76. The Morgan fingerprint density at radius 1 is 0.329 bits per heavy atom. The molecule has 0 heterocycles. The molecule has 0 spiro atoms. The molecule has 0 saturated heterocycles. The van der Waals surface area contributed by atoms with Crippen LogP contribution in [0.3, 0.4) is 0 Å². The second-order valence-electron chi connectivity index (χ2n) is 26.0. The van der Waals surface area contributed by atoms with Gasteiger partial charge in [-0.2, -0.15) is 0 Å². The minimum Gasteiger partial charge on any atom is -0.466 e. The van der Waals surface area contributed by atoms with Gasteiger partial charge in [0, 0.05) is 12.8 Å². The number of aliphatic hydroxyl groups is 2. The van der Waals surface area contributed by atoms with Crippen molar-refractivity contribution in [3.63, 3.8) is 0 Å². The minimum absolute atomic E-state index is 0.0116. The lowest BCUT2D eigenvalue weighted by molar-refractivity contribution is -0.143. The SMILES string of the molecule is CCCCCCCCC/C=C\CCCCCCCC(=O)OCCCCCCCCCCCCCC/C=C\CCCCCCCCCCCCCCCCCCC(=O)NC(CO)C(O)CCCCCCCCCCCCCCCCCCC. The fraction of sp³-hybridized carbons (Fsp3) is 0.921. The summed E-state index contributed by atoms with van der Waals surface area (Å²) in [6.45, 7) is 4.99. The molecule has 0 aliphatic rings. The van der Waals surface area contributed by atoms with Crippen molar-refractivity contribution < 1.29 is 24.5 Å². The first-order chi connectivity index (χ1) is 40.5. The molecule has 2 atom stereocenters. The fourth-order valence-electron chi connectivity index (χ4n) is 12.0. The number of amides is 1. The van der Waals surface area contributed by atoms with Crippen molar-refractivity contribution >= 4 is 11.9 Å². The molecule has 2 unspecified atom stereocenters. The van der Waals surface area contributed by atoms with E-state index in [9.17, 15) is 19.8 Å². The zero-order valence-corrected chi connectivity index (χ0v) is 55.8. The fourth-order valence-corrected chi connectivity index (χ4v) is 12.0. The topological polar surface area (TPSA) is 95.9 Å². The van der Waals surface area contributed by atoms with Gasteiger partial charge in [-0.05, 0) is 77.0 Å². The predicted molar refractivity (Wildman–Crippen MR) is 361 cm³/mol. The maximum absolute atomic E-state index is 12.5. The van der Waals surface area contributed by atoms with Crippen LogP contribution in [0.4, 0.5) is 0 Å². The van der Waals surface area contributed by atoms with E-state index in [1.165, 1.54) is 347 Å². The van der Waals surface area contributed by atoms with Gasteiger partial charge < -0.3 is 20.3 Å². The van der Waals surface area contributed by atoms with E-state index in [1.54, 1.807) is 0 Å². The average molecular weight is 1160 g/mol. The molecule has 6 nitrogen and oxygen atoms in total. The number of ether oxygens (including phenoxy) is 1. The van der Waals surface area contributed by atoms with E-state index in [1.807, 2.05) is 0 Å². The first-order valence-electron chi connectivity index (χ1n) is 37.6. The number of unbranched alkanes of at least 4 members (excludes halogenated alkanes) is 56. The second kappa shape index (κ2) is 71.8. The zero-order chi connectivity index (χ0) is 59.2. The highest BCUT2D eigenvalue weighted by Crippen LogP contribution is 2.19. The summed E-state index contributed by atoms with van der Waals surface area (Å²) < 4.78 is 5.50. The molecule has 0 saturated carbocycles. The van der Waals surface area contributed by atoms with Crippen molar-refractivity contribution in [1.82, 2.24) is 5.32 Å². The van der Waals surface area contributed by atoms with E-state index in [0.717, 1.165) is 44.9 Å². The molecule has 6 heteroatoms. The Hall–Kier alpha value is -1.66. The molecule has 0 aliphatic carbocycles. The first kappa shape index (κ1) is 80.3. The van der Waals surface area contributed by atoms with Crippen LogP contribution in [0.1, 0.15) is 425 Å². The molecule has 0 bridgehead atoms. The standard InChI is InChI=1S/C76H147NO5/c1-3-5-7-9-11-13-15-17-19-37-40-44-48-52-56-60-64-68-74(79)73(72-78)77-75(80)69-65-61-57-53-49-45-41-38-35-33-31-29-27-25-23-21-22-24-26-28-30-32-34-36-39-43-47-51-55-59-63-67-71-82-76(81)70-66-62-58-54-50-46-42-20-18-16-14-12-10-8-6-4-2/h20,24,26,42,73-74,78-79H,3-19,21-23,25,27-41,43-72H2,1-2H3,(H,77,80)/b26-24-,42-20-. The Balaban J connectivity index is 3.35. The minimum atomic E-state index is -0.662. The number of hydrogen-bond donors (Lipinski definition) is 3. The van der Waals surface area contributed by atoms with Gasteiger partial charge in [0.1, 0.15) is 0 Å². The molecular formula is C76H147NO5. The Bertz CT molecular complexity index is 1280. The van der Waals surface area contributed by atoms with Crippen LogP contribution in [0, 0.1) is 0 Å². The molecule has 0 aromatic carbocycles. The van der Waals surface area contributed by atoms with Crippen LogP contribution in [-0.4, -0.2) is 47.4 Å². The summed E-state index contributed by atoms with van der Waals surface area (Å²) in [5.74, 6) is -0.0168. The van der Waals surface area contributed by atoms with E-state index < -0.39 is 12.1 Å². The molecule has 0 aliphatic heterocycles. The normalized spacial score (nSPS) is 12.6. The van der Waals surface area contributed by atoms with Gasteiger partial charge in [-0.3, -0.25) is 9.59 Å². The van der Waals surface area contributed by atoms with Crippen LogP contribution < -0.4 is 5.32 Å². The lowest BCUT2D eigenvalue weighted by Crippen LogP contribution is -2.45. The number of rotatable bonds is 71. The van der Waals surface area contributed by atoms with E-state index >= 15 is 0 Å². The predicted octanol–water partition coefficient (Wildman–Crippen LogP) is 24.5. The largest absolute Gasteiger partial charge is 0.466 e. The lowest BCUT2D eigenvalue weighted by Gasteiger charge is -2.22. The highest BCUT2D eigenvalue weighted by Gasteiger charge is 2.20. The van der Waals surface area contributed by atoms with Gasteiger partial charge in [0.15, 0.2) is 0 Å². The van der Waals surface area contributed by atoms with Gasteiger partial charge >= 0.3 is 5.97 Å². The summed E-state index contributed by atoms with van der Waals surface area (Å²) in [7, 11) is 0. The van der Waals surface area contributed by atoms with E-state index in [2.05, 4.69) is 43.5 Å². The number of carbonyl (C=O) groups excluding carboxylic acids is 2. The first-order valence-corrected chi connectivity index (χ1v) is 37.6. The van der Waals surface area contributed by atoms with Gasteiger partial charge in [-0.1, -0.05) is 359 Å². The summed E-state index contributed by atoms with van der Waals surface area (Å²) >= 11 is 0. The molecule has 0 aromatic rings. The Kier molecular flexibility index (Phi) is 70.4. The summed E-state index contributed by atoms with van der Waals surface area (Å²) in [5, 5.41) is 23.4. The second-order valence-corrected chi connectivity index (χ2v) is 26.0. The van der Waals surface area contributed by atoms with Crippen LogP contribution in [0.25, 0.3) is 0 Å². The number of hydrogen-bond acceptors (Lipinski definition) is 5. The maximum atomic E-state index is 12.5. The van der Waals surface area contributed by atoms with E-state index in [0.29, 0.717) is 25.9 Å². The molecule has 0 radical (unpaired) electrons. The zero-order valence-electron chi connectivity index (χ0n) is 55.8. The number of esters is 1. The number of allylic oxidation sites excluding steroid dienone is 4. The average Bonchev–Trinajstić information content (AvgIpc) is 3.48. The third-order valence-electron chi connectivity index (χ3n) is 17.7. The maximum Gasteiger partial charge on any atom is 0.305 e.